The van der Waals surface area contributed by atoms with Crippen LogP contribution in [0.4, 0.5) is 0 Å². The van der Waals surface area contributed by atoms with E-state index in [9.17, 15) is 9.90 Å². The van der Waals surface area contributed by atoms with Gasteiger partial charge in [-0.3, -0.25) is 9.78 Å². The van der Waals surface area contributed by atoms with Crippen molar-refractivity contribution in [3.63, 3.8) is 0 Å². The van der Waals surface area contributed by atoms with Crippen molar-refractivity contribution < 1.29 is 5.11 Å². The van der Waals surface area contributed by atoms with E-state index in [1.165, 1.54) is 0 Å². The number of nitriles is 2. The van der Waals surface area contributed by atoms with Gasteiger partial charge in [-0.2, -0.15) is 10.5 Å². The largest absolute Gasteiger partial charge is 0.494 e. The highest BCUT2D eigenvalue weighted by molar-refractivity contribution is 5.77. The van der Waals surface area contributed by atoms with E-state index in [2.05, 4.69) is 18.1 Å². The molecule has 0 spiro atoms. The van der Waals surface area contributed by atoms with Crippen LogP contribution < -0.4 is 5.56 Å². The molecule has 0 aliphatic rings. The van der Waals surface area contributed by atoms with Crippen LogP contribution in [-0.2, 0) is 0 Å². The number of hydrogen-bond donors (Lipinski definition) is 2. The lowest BCUT2D eigenvalue weighted by molar-refractivity contribution is 0.450. The minimum atomic E-state index is -0.715. The molecule has 0 radical (unpaired) electrons. The Balaban J connectivity index is 0.000000956. The molecule has 2 N–H and O–H groups in total. The molecular formula is C15H11N3O2. The van der Waals surface area contributed by atoms with Crippen LogP contribution in [0.2, 0.25) is 0 Å². The van der Waals surface area contributed by atoms with E-state index in [0.29, 0.717) is 5.56 Å². The lowest BCUT2D eigenvalue weighted by atomic mass is 9.97. The highest BCUT2D eigenvalue weighted by Crippen LogP contribution is 2.28. The van der Waals surface area contributed by atoms with Crippen LogP contribution in [0.25, 0.3) is 11.1 Å². The Labute approximate surface area is 115 Å². The molecule has 5 nitrogen and oxygen atoms in total. The highest BCUT2D eigenvalue weighted by atomic mass is 16.3. The Hall–Kier alpha value is -3.31. The monoisotopic (exact) mass is 265 g/mol. The van der Waals surface area contributed by atoms with Crippen LogP contribution in [0.5, 0.6) is 5.88 Å². The Morgan fingerprint density at radius 3 is 2.10 bits per heavy atom. The minimum Gasteiger partial charge on any atom is -0.494 e. The molecular weight excluding hydrogens is 254 g/mol. The maximum absolute atomic E-state index is 11.6. The third-order valence-electron chi connectivity index (χ3n) is 2.48. The van der Waals surface area contributed by atoms with Crippen LogP contribution in [0.1, 0.15) is 11.1 Å². The summed E-state index contributed by atoms with van der Waals surface area (Å²) in [5.41, 5.74) is -0.324. The van der Waals surface area contributed by atoms with E-state index < -0.39 is 11.4 Å². The topological polar surface area (TPSA) is 101 Å². The van der Waals surface area contributed by atoms with E-state index in [0.717, 1.165) is 0 Å². The summed E-state index contributed by atoms with van der Waals surface area (Å²) in [5, 5.41) is 27.6. The SMILES string of the molecule is C=C.N#Cc1c(O)[nH]c(=O)c(C#N)c1-c1ccccc1. The number of rotatable bonds is 1. The van der Waals surface area contributed by atoms with Gasteiger partial charge in [0.2, 0.25) is 5.88 Å². The molecule has 0 saturated carbocycles. The van der Waals surface area contributed by atoms with Gasteiger partial charge in [0.1, 0.15) is 23.3 Å². The van der Waals surface area contributed by atoms with Crippen molar-refractivity contribution in [3.05, 3.63) is 65.0 Å². The molecule has 98 valence electrons. The average Bonchev–Trinajstić information content (AvgIpc) is 2.49. The minimum absolute atomic E-state index is 0.114. The molecule has 1 aromatic carbocycles. The van der Waals surface area contributed by atoms with E-state index >= 15 is 0 Å². The van der Waals surface area contributed by atoms with Gasteiger partial charge < -0.3 is 5.11 Å². The van der Waals surface area contributed by atoms with Crippen molar-refractivity contribution in [2.75, 3.05) is 0 Å². The number of nitrogens with one attached hydrogen (secondary N) is 1. The zero-order valence-corrected chi connectivity index (χ0v) is 10.6. The number of hydrogen-bond acceptors (Lipinski definition) is 4. The predicted molar refractivity (Wildman–Crippen MR) is 74.8 cm³/mol. The molecule has 0 bridgehead atoms. The molecule has 2 rings (SSSR count). The summed E-state index contributed by atoms with van der Waals surface area (Å²) in [4.78, 5) is 13.7. The summed E-state index contributed by atoms with van der Waals surface area (Å²) in [6.45, 7) is 6.00. The number of aromatic amines is 1. The number of nitrogens with zero attached hydrogens (tertiary/aromatic N) is 2. The molecule has 0 fully saturated rings. The number of benzene rings is 1. The van der Waals surface area contributed by atoms with Crippen LogP contribution in [-0.4, -0.2) is 10.1 Å². The molecule has 0 unspecified atom stereocenters. The zero-order valence-electron chi connectivity index (χ0n) is 10.6. The quantitative estimate of drug-likeness (QED) is 0.772. The summed E-state index contributed by atoms with van der Waals surface area (Å²) < 4.78 is 0. The van der Waals surface area contributed by atoms with Crippen molar-refractivity contribution in [1.82, 2.24) is 4.98 Å². The first-order valence-corrected chi connectivity index (χ1v) is 5.54. The maximum atomic E-state index is 11.6. The van der Waals surface area contributed by atoms with Crippen molar-refractivity contribution in [3.8, 4) is 29.1 Å². The molecule has 0 aliphatic heterocycles. The molecule has 1 heterocycles. The Morgan fingerprint density at radius 2 is 1.60 bits per heavy atom. The van der Waals surface area contributed by atoms with Gasteiger partial charge in [0, 0.05) is 5.56 Å². The van der Waals surface area contributed by atoms with Crippen LogP contribution >= 0.6 is 0 Å². The average molecular weight is 265 g/mol. The van der Waals surface area contributed by atoms with Crippen molar-refractivity contribution >= 4 is 0 Å². The number of aromatic nitrogens is 1. The van der Waals surface area contributed by atoms with Gasteiger partial charge in [0.25, 0.3) is 5.56 Å². The Morgan fingerprint density at radius 1 is 1.05 bits per heavy atom. The number of aromatic hydroxyl groups is 1. The Bertz CT molecular complexity index is 750. The zero-order chi connectivity index (χ0) is 15.1. The number of pyridine rings is 1. The standard InChI is InChI=1S/C13H7N3O2.C2H4/c14-6-9-11(8-4-2-1-3-5-8)10(7-15)13(18)16-12(9)17;1-2/h1-5H,(H2,16,17,18);1-2H2. The molecule has 0 atom stereocenters. The molecule has 5 heteroatoms. The summed E-state index contributed by atoms with van der Waals surface area (Å²) >= 11 is 0. The second kappa shape index (κ2) is 6.58. The predicted octanol–water partition coefficient (Wildman–Crippen LogP) is 2.29. The van der Waals surface area contributed by atoms with Gasteiger partial charge in [-0.05, 0) is 5.56 Å². The maximum Gasteiger partial charge on any atom is 0.269 e. The van der Waals surface area contributed by atoms with Crippen molar-refractivity contribution in [2.45, 2.75) is 0 Å². The van der Waals surface area contributed by atoms with Crippen LogP contribution in [0.3, 0.4) is 0 Å². The molecule has 0 amide bonds. The molecule has 1 aromatic heterocycles. The summed E-state index contributed by atoms with van der Waals surface area (Å²) in [6.07, 6.45) is 0. The fourth-order valence-corrected chi connectivity index (χ4v) is 1.70. The number of H-pyrrole nitrogens is 1. The molecule has 2 aromatic rings. The van der Waals surface area contributed by atoms with Crippen molar-refractivity contribution in [2.24, 2.45) is 0 Å². The van der Waals surface area contributed by atoms with Crippen molar-refractivity contribution in [1.29, 1.82) is 10.5 Å². The first-order valence-electron chi connectivity index (χ1n) is 5.54. The summed E-state index contributed by atoms with van der Waals surface area (Å²) in [7, 11) is 0. The molecule has 0 saturated heterocycles. The fourth-order valence-electron chi connectivity index (χ4n) is 1.70. The van der Waals surface area contributed by atoms with Gasteiger partial charge in [-0.25, -0.2) is 0 Å². The van der Waals surface area contributed by atoms with E-state index in [1.807, 2.05) is 0 Å². The van der Waals surface area contributed by atoms with Gasteiger partial charge in [0.05, 0.1) is 0 Å². The van der Waals surface area contributed by atoms with Gasteiger partial charge in [-0.15, -0.1) is 13.2 Å². The van der Waals surface area contributed by atoms with Gasteiger partial charge >= 0.3 is 0 Å². The second-order valence-corrected chi connectivity index (χ2v) is 3.52. The summed E-state index contributed by atoms with van der Waals surface area (Å²) in [5.74, 6) is -0.527. The third kappa shape index (κ3) is 2.58. The van der Waals surface area contributed by atoms with Gasteiger partial charge in [-0.1, -0.05) is 30.3 Å². The summed E-state index contributed by atoms with van der Waals surface area (Å²) in [6, 6.07) is 12.1. The highest BCUT2D eigenvalue weighted by Gasteiger charge is 2.18. The lowest BCUT2D eigenvalue weighted by Gasteiger charge is -2.07. The lowest BCUT2D eigenvalue weighted by Crippen LogP contribution is -2.13. The third-order valence-corrected chi connectivity index (χ3v) is 2.48. The van der Waals surface area contributed by atoms with E-state index in [-0.39, 0.29) is 16.7 Å². The first kappa shape index (κ1) is 14.7. The molecule has 0 aliphatic carbocycles. The molecule has 20 heavy (non-hydrogen) atoms. The van der Waals surface area contributed by atoms with Crippen LogP contribution in [0, 0.1) is 22.7 Å². The smallest absolute Gasteiger partial charge is 0.269 e. The van der Waals surface area contributed by atoms with Crippen LogP contribution in [0.15, 0.2) is 48.3 Å². The van der Waals surface area contributed by atoms with E-state index in [1.54, 1.807) is 42.5 Å². The van der Waals surface area contributed by atoms with Gasteiger partial charge in [0.15, 0.2) is 0 Å². The second-order valence-electron chi connectivity index (χ2n) is 3.52. The normalized spacial score (nSPS) is 8.70. The Kier molecular flexibility index (Phi) is 4.85. The fraction of sp³-hybridized carbons (Fsp3) is 0. The first-order chi connectivity index (χ1) is 9.69. The van der Waals surface area contributed by atoms with E-state index in [4.69, 9.17) is 10.5 Å².